The second-order valence-corrected chi connectivity index (χ2v) is 6.09. The molecule has 0 radical (unpaired) electrons. The molecule has 2 aromatic rings. The van der Waals surface area contributed by atoms with Gasteiger partial charge in [-0.25, -0.2) is 4.98 Å². The van der Waals surface area contributed by atoms with Crippen molar-refractivity contribution in [2.24, 2.45) is 5.92 Å². The third kappa shape index (κ3) is 3.53. The third-order valence-electron chi connectivity index (χ3n) is 4.38. The minimum Gasteiger partial charge on any atom is -0.337 e. The number of carbonyl (C=O) groups is 1. The zero-order valence-corrected chi connectivity index (χ0v) is 13.0. The van der Waals surface area contributed by atoms with Crippen molar-refractivity contribution in [1.82, 2.24) is 9.88 Å². The highest BCUT2D eigenvalue weighted by molar-refractivity contribution is 5.92. The van der Waals surface area contributed by atoms with Crippen molar-refractivity contribution in [3.63, 3.8) is 0 Å². The zero-order valence-electron chi connectivity index (χ0n) is 13.0. The number of hydrogen-bond donors (Lipinski definition) is 0. The van der Waals surface area contributed by atoms with Gasteiger partial charge in [-0.05, 0) is 49.8 Å². The Balaban J connectivity index is 1.56. The first-order valence-corrected chi connectivity index (χ1v) is 7.99. The van der Waals surface area contributed by atoms with E-state index in [9.17, 15) is 4.79 Å². The topological polar surface area (TPSA) is 33.2 Å². The van der Waals surface area contributed by atoms with E-state index >= 15 is 0 Å². The Labute approximate surface area is 132 Å². The van der Waals surface area contributed by atoms with Crippen LogP contribution in [0.25, 0.3) is 0 Å². The van der Waals surface area contributed by atoms with Gasteiger partial charge in [0.25, 0.3) is 5.91 Å². The van der Waals surface area contributed by atoms with E-state index < -0.39 is 0 Å². The van der Waals surface area contributed by atoms with Crippen LogP contribution in [0.2, 0.25) is 0 Å². The van der Waals surface area contributed by atoms with Crippen molar-refractivity contribution in [2.45, 2.75) is 26.2 Å². The number of nitrogens with zero attached hydrogens (tertiary/aromatic N) is 2. The van der Waals surface area contributed by atoms with Crippen LogP contribution in [0.4, 0.5) is 0 Å². The molecule has 0 bridgehead atoms. The molecule has 3 rings (SSSR count). The summed E-state index contributed by atoms with van der Waals surface area (Å²) in [5.74, 6) is 0.749. The molecule has 1 fully saturated rings. The third-order valence-corrected chi connectivity index (χ3v) is 4.38. The predicted molar refractivity (Wildman–Crippen MR) is 87.7 cm³/mol. The molecule has 1 amide bonds. The van der Waals surface area contributed by atoms with Crippen LogP contribution < -0.4 is 0 Å². The second kappa shape index (κ2) is 6.73. The molecule has 0 spiro atoms. The van der Waals surface area contributed by atoms with Crippen LogP contribution in [0.1, 0.15) is 34.6 Å². The Morgan fingerprint density at radius 1 is 1.09 bits per heavy atom. The van der Waals surface area contributed by atoms with E-state index in [4.69, 9.17) is 0 Å². The smallest absolute Gasteiger partial charge is 0.272 e. The lowest BCUT2D eigenvalue weighted by atomic mass is 9.90. The molecule has 3 nitrogen and oxygen atoms in total. The summed E-state index contributed by atoms with van der Waals surface area (Å²) in [5.41, 5.74) is 2.86. The van der Waals surface area contributed by atoms with Gasteiger partial charge < -0.3 is 4.90 Å². The summed E-state index contributed by atoms with van der Waals surface area (Å²) in [5, 5.41) is 0. The van der Waals surface area contributed by atoms with Crippen LogP contribution in [0.3, 0.4) is 0 Å². The molecule has 0 unspecified atom stereocenters. The summed E-state index contributed by atoms with van der Waals surface area (Å²) in [7, 11) is 0. The summed E-state index contributed by atoms with van der Waals surface area (Å²) in [6.07, 6.45) is 3.27. The average molecular weight is 294 g/mol. The first-order valence-electron chi connectivity index (χ1n) is 7.99. The number of carbonyl (C=O) groups excluding carboxylic acids is 1. The van der Waals surface area contributed by atoms with Gasteiger partial charge in [-0.1, -0.05) is 36.4 Å². The molecule has 1 aliphatic heterocycles. The molecule has 0 N–H and O–H groups in total. The van der Waals surface area contributed by atoms with Crippen molar-refractivity contribution < 1.29 is 4.79 Å². The fourth-order valence-corrected chi connectivity index (χ4v) is 3.11. The van der Waals surface area contributed by atoms with Crippen molar-refractivity contribution in [3.8, 4) is 0 Å². The molecular weight excluding hydrogens is 272 g/mol. The molecule has 1 aromatic heterocycles. The molecule has 22 heavy (non-hydrogen) atoms. The van der Waals surface area contributed by atoms with Gasteiger partial charge in [0, 0.05) is 18.8 Å². The Kier molecular flexibility index (Phi) is 4.52. The van der Waals surface area contributed by atoms with Crippen molar-refractivity contribution in [3.05, 3.63) is 65.5 Å². The number of piperidine rings is 1. The van der Waals surface area contributed by atoms with Crippen LogP contribution in [0.15, 0.2) is 48.5 Å². The number of aryl methyl sites for hydroxylation is 1. The highest BCUT2D eigenvalue weighted by Crippen LogP contribution is 2.22. The minimum absolute atomic E-state index is 0.0712. The van der Waals surface area contributed by atoms with Crippen LogP contribution in [-0.2, 0) is 6.42 Å². The molecule has 1 saturated heterocycles. The van der Waals surface area contributed by atoms with E-state index in [-0.39, 0.29) is 5.91 Å². The summed E-state index contributed by atoms with van der Waals surface area (Å²) in [6, 6.07) is 16.3. The minimum atomic E-state index is 0.0712. The van der Waals surface area contributed by atoms with Gasteiger partial charge in [0.2, 0.25) is 0 Å². The monoisotopic (exact) mass is 294 g/mol. The number of aromatic nitrogens is 1. The van der Waals surface area contributed by atoms with E-state index in [1.165, 1.54) is 5.56 Å². The standard InChI is InChI=1S/C19H22N2O/c1-15-6-5-9-18(20-15)19(22)21-12-10-17(11-13-21)14-16-7-3-2-4-8-16/h2-9,17H,10-14H2,1H3. The molecule has 1 aliphatic rings. The molecule has 1 aromatic carbocycles. The van der Waals surface area contributed by atoms with Gasteiger partial charge in [0.05, 0.1) is 0 Å². The van der Waals surface area contributed by atoms with E-state index in [0.29, 0.717) is 11.6 Å². The van der Waals surface area contributed by atoms with Gasteiger partial charge in [-0.3, -0.25) is 4.79 Å². The summed E-state index contributed by atoms with van der Waals surface area (Å²) in [6.45, 7) is 3.60. The zero-order chi connectivity index (χ0) is 15.4. The molecule has 0 atom stereocenters. The quantitative estimate of drug-likeness (QED) is 0.868. The second-order valence-electron chi connectivity index (χ2n) is 6.09. The van der Waals surface area contributed by atoms with Gasteiger partial charge in [0.15, 0.2) is 0 Å². The molecule has 0 saturated carbocycles. The Morgan fingerprint density at radius 2 is 1.82 bits per heavy atom. The number of likely N-dealkylation sites (tertiary alicyclic amines) is 1. The average Bonchev–Trinajstić information content (AvgIpc) is 2.56. The molecule has 3 heteroatoms. The fourth-order valence-electron chi connectivity index (χ4n) is 3.11. The SMILES string of the molecule is Cc1cccc(C(=O)N2CCC(Cc3ccccc3)CC2)n1. The molecule has 114 valence electrons. The Morgan fingerprint density at radius 3 is 2.50 bits per heavy atom. The molecule has 0 aliphatic carbocycles. The predicted octanol–water partition coefficient (Wildman–Crippen LogP) is 3.48. The van der Waals surface area contributed by atoms with Crippen molar-refractivity contribution in [1.29, 1.82) is 0 Å². The van der Waals surface area contributed by atoms with Crippen LogP contribution in [0, 0.1) is 12.8 Å². The number of rotatable bonds is 3. The van der Waals surface area contributed by atoms with E-state index in [1.807, 2.05) is 30.0 Å². The maximum absolute atomic E-state index is 12.5. The van der Waals surface area contributed by atoms with E-state index in [1.54, 1.807) is 0 Å². The van der Waals surface area contributed by atoms with Crippen molar-refractivity contribution >= 4 is 5.91 Å². The summed E-state index contributed by atoms with van der Waals surface area (Å²) < 4.78 is 0. The molecule has 2 heterocycles. The van der Waals surface area contributed by atoms with Gasteiger partial charge in [-0.15, -0.1) is 0 Å². The van der Waals surface area contributed by atoms with Gasteiger partial charge >= 0.3 is 0 Å². The summed E-state index contributed by atoms with van der Waals surface area (Å²) in [4.78, 5) is 18.8. The normalized spacial score (nSPS) is 15.8. The highest BCUT2D eigenvalue weighted by atomic mass is 16.2. The van der Waals surface area contributed by atoms with Crippen LogP contribution in [-0.4, -0.2) is 28.9 Å². The maximum Gasteiger partial charge on any atom is 0.272 e. The number of amides is 1. The lowest BCUT2D eigenvalue weighted by Gasteiger charge is -2.32. The first-order chi connectivity index (χ1) is 10.7. The van der Waals surface area contributed by atoms with E-state index in [0.717, 1.165) is 38.0 Å². The number of benzene rings is 1. The lowest BCUT2D eigenvalue weighted by Crippen LogP contribution is -2.39. The first kappa shape index (κ1) is 14.8. The summed E-state index contributed by atoms with van der Waals surface area (Å²) >= 11 is 0. The maximum atomic E-state index is 12.5. The van der Waals surface area contributed by atoms with Gasteiger partial charge in [0.1, 0.15) is 5.69 Å². The lowest BCUT2D eigenvalue weighted by molar-refractivity contribution is 0.0684. The Bertz CT molecular complexity index is 631. The van der Waals surface area contributed by atoms with Crippen LogP contribution >= 0.6 is 0 Å². The highest BCUT2D eigenvalue weighted by Gasteiger charge is 2.24. The molecular formula is C19H22N2O. The number of pyridine rings is 1. The van der Waals surface area contributed by atoms with Crippen LogP contribution in [0.5, 0.6) is 0 Å². The fraction of sp³-hybridized carbons (Fsp3) is 0.368. The van der Waals surface area contributed by atoms with Crippen molar-refractivity contribution in [2.75, 3.05) is 13.1 Å². The van der Waals surface area contributed by atoms with E-state index in [2.05, 4.69) is 35.3 Å². The number of hydrogen-bond acceptors (Lipinski definition) is 2. The largest absolute Gasteiger partial charge is 0.337 e. The van der Waals surface area contributed by atoms with Gasteiger partial charge in [-0.2, -0.15) is 0 Å². The Hall–Kier alpha value is -2.16.